The smallest absolute Gasteiger partial charge is 0.352 e. The first kappa shape index (κ1) is 23.5. The van der Waals surface area contributed by atoms with Crippen LogP contribution in [0.1, 0.15) is 35.7 Å². The monoisotopic (exact) mass is 481 g/mol. The molecule has 1 aliphatic rings. The van der Waals surface area contributed by atoms with E-state index in [4.69, 9.17) is 0 Å². The predicted octanol–water partition coefficient (Wildman–Crippen LogP) is 3.71. The molecular formula is C21H20F5N7O. The maximum absolute atomic E-state index is 14.7. The molecule has 3 heterocycles. The fraction of sp³-hybridized carbons (Fsp3) is 0.381. The highest BCUT2D eigenvalue weighted by Gasteiger charge is 2.35. The molecule has 1 saturated heterocycles. The second-order valence-corrected chi connectivity index (χ2v) is 7.94. The van der Waals surface area contributed by atoms with E-state index in [1.807, 2.05) is 6.92 Å². The van der Waals surface area contributed by atoms with E-state index >= 15 is 0 Å². The number of halogens is 5. The van der Waals surface area contributed by atoms with Gasteiger partial charge in [0, 0.05) is 25.5 Å². The minimum atomic E-state index is -4.55. The van der Waals surface area contributed by atoms with Gasteiger partial charge in [0.05, 0.1) is 29.6 Å². The van der Waals surface area contributed by atoms with Crippen molar-refractivity contribution in [2.24, 2.45) is 5.92 Å². The summed E-state index contributed by atoms with van der Waals surface area (Å²) in [6.07, 6.45) is 0.844. The van der Waals surface area contributed by atoms with E-state index in [-0.39, 0.29) is 24.0 Å². The Kier molecular flexibility index (Phi) is 6.44. The largest absolute Gasteiger partial charge is 0.419 e. The first-order valence-electron chi connectivity index (χ1n) is 10.5. The van der Waals surface area contributed by atoms with E-state index in [0.29, 0.717) is 25.4 Å². The molecular weight excluding hydrogens is 461 g/mol. The number of nitrogens with zero attached hydrogens (tertiary/aromatic N) is 6. The summed E-state index contributed by atoms with van der Waals surface area (Å²) in [7, 11) is 0. The van der Waals surface area contributed by atoms with E-state index in [1.165, 1.54) is 23.4 Å². The van der Waals surface area contributed by atoms with Gasteiger partial charge in [-0.1, -0.05) is 6.92 Å². The van der Waals surface area contributed by atoms with Gasteiger partial charge in [-0.25, -0.2) is 18.7 Å². The van der Waals surface area contributed by atoms with E-state index in [9.17, 15) is 26.7 Å². The summed E-state index contributed by atoms with van der Waals surface area (Å²) >= 11 is 0. The highest BCUT2D eigenvalue weighted by molar-refractivity contribution is 5.98. The Morgan fingerprint density at radius 1 is 1.15 bits per heavy atom. The molecule has 0 radical (unpaired) electrons. The Morgan fingerprint density at radius 2 is 1.82 bits per heavy atom. The molecule has 34 heavy (non-hydrogen) atoms. The minimum absolute atomic E-state index is 0.0104. The number of anilines is 1. The van der Waals surface area contributed by atoms with Crippen LogP contribution in [-0.2, 0) is 6.18 Å². The number of aromatic nitrogens is 5. The summed E-state index contributed by atoms with van der Waals surface area (Å²) in [5, 5.41) is 10.5. The summed E-state index contributed by atoms with van der Waals surface area (Å²) in [6.45, 7) is 2.44. The first-order valence-corrected chi connectivity index (χ1v) is 10.5. The Balaban J connectivity index is 1.58. The average Bonchev–Trinajstić information content (AvgIpc) is 3.33. The third kappa shape index (κ3) is 4.68. The molecule has 1 aromatic carbocycles. The number of likely N-dealkylation sites (tertiary alicyclic amines) is 1. The summed E-state index contributed by atoms with van der Waals surface area (Å²) in [6, 6.07) is 1.65. The van der Waals surface area contributed by atoms with Crippen molar-refractivity contribution in [3.63, 3.8) is 0 Å². The third-order valence-corrected chi connectivity index (χ3v) is 5.74. The van der Waals surface area contributed by atoms with Gasteiger partial charge in [0.25, 0.3) is 5.91 Å². The van der Waals surface area contributed by atoms with Crippen LogP contribution in [0.3, 0.4) is 0 Å². The van der Waals surface area contributed by atoms with Crippen LogP contribution in [0.25, 0.3) is 5.69 Å². The molecule has 180 valence electrons. The van der Waals surface area contributed by atoms with Gasteiger partial charge < -0.3 is 10.2 Å². The van der Waals surface area contributed by atoms with Gasteiger partial charge in [-0.2, -0.15) is 23.4 Å². The van der Waals surface area contributed by atoms with E-state index in [1.54, 1.807) is 0 Å². The lowest BCUT2D eigenvalue weighted by molar-refractivity contribution is -0.138. The van der Waals surface area contributed by atoms with Gasteiger partial charge in [-0.15, -0.1) is 4.80 Å². The van der Waals surface area contributed by atoms with Crippen LogP contribution >= 0.6 is 0 Å². The van der Waals surface area contributed by atoms with Crippen molar-refractivity contribution in [1.82, 2.24) is 29.9 Å². The van der Waals surface area contributed by atoms with Crippen molar-refractivity contribution in [1.29, 1.82) is 0 Å². The normalized spacial score (nSPS) is 18.7. The number of benzene rings is 1. The summed E-state index contributed by atoms with van der Waals surface area (Å²) in [4.78, 5) is 23.3. The van der Waals surface area contributed by atoms with Crippen molar-refractivity contribution >= 4 is 11.9 Å². The van der Waals surface area contributed by atoms with Crippen molar-refractivity contribution in [3.8, 4) is 5.69 Å². The Labute approximate surface area is 190 Å². The van der Waals surface area contributed by atoms with Crippen LogP contribution in [0.4, 0.5) is 27.9 Å². The molecule has 0 bridgehead atoms. The zero-order chi connectivity index (χ0) is 24.5. The van der Waals surface area contributed by atoms with E-state index in [2.05, 4.69) is 25.5 Å². The molecule has 0 spiro atoms. The molecule has 2 atom stereocenters. The van der Waals surface area contributed by atoms with Gasteiger partial charge in [0.1, 0.15) is 5.69 Å². The van der Waals surface area contributed by atoms with Crippen LogP contribution in [0, 0.1) is 17.6 Å². The molecule has 8 nitrogen and oxygen atoms in total. The van der Waals surface area contributed by atoms with Gasteiger partial charge in [0.2, 0.25) is 5.95 Å². The van der Waals surface area contributed by atoms with E-state index in [0.717, 1.165) is 17.3 Å². The molecule has 1 fully saturated rings. The molecule has 13 heteroatoms. The molecule has 0 saturated carbocycles. The molecule has 1 amide bonds. The number of alkyl halides is 3. The molecule has 1 N–H and O–H groups in total. The van der Waals surface area contributed by atoms with Crippen LogP contribution < -0.4 is 5.32 Å². The maximum atomic E-state index is 14.7. The number of hydrogen-bond donors (Lipinski definition) is 1. The van der Waals surface area contributed by atoms with Crippen molar-refractivity contribution in [2.75, 3.05) is 18.4 Å². The number of hydrogen-bond acceptors (Lipinski definition) is 6. The lowest BCUT2D eigenvalue weighted by atomic mass is 9.90. The molecule has 3 aromatic rings. The summed E-state index contributed by atoms with van der Waals surface area (Å²) < 4.78 is 66.8. The second kappa shape index (κ2) is 9.31. The minimum Gasteiger partial charge on any atom is -0.352 e. The highest BCUT2D eigenvalue weighted by atomic mass is 19.4. The van der Waals surface area contributed by atoms with Crippen LogP contribution in [0.5, 0.6) is 0 Å². The lowest BCUT2D eigenvalue weighted by Gasteiger charge is -2.40. The Hall–Kier alpha value is -3.64. The number of piperidine rings is 1. The molecule has 2 unspecified atom stereocenters. The van der Waals surface area contributed by atoms with Crippen LogP contribution in [0.2, 0.25) is 0 Å². The maximum Gasteiger partial charge on any atom is 0.419 e. The lowest BCUT2D eigenvalue weighted by Crippen LogP contribution is -2.51. The fourth-order valence-corrected chi connectivity index (χ4v) is 3.97. The summed E-state index contributed by atoms with van der Waals surface area (Å²) in [5.74, 6) is -2.95. The zero-order valence-electron chi connectivity index (χ0n) is 17.9. The standard InChI is InChI=1S/C21H20F5N7O/c1-12-3-2-8-32(16(12)11-29-20-27-9-13(10-28-20)21(24,25)26)19(34)14-4-5-15(22)17(23)18(14)33-30-6-7-31-33/h4-7,9-10,12,16H,2-3,8,11H2,1H3,(H,27,28,29). The van der Waals surface area contributed by atoms with Crippen molar-refractivity contribution in [3.05, 3.63) is 59.7 Å². The number of carbonyl (C=O) groups is 1. The number of rotatable bonds is 5. The topological polar surface area (TPSA) is 88.8 Å². The molecule has 0 aliphatic carbocycles. The SMILES string of the molecule is CC1CCCN(C(=O)c2ccc(F)c(F)c2-n2nccn2)C1CNc1ncc(C(F)(F)F)cn1. The number of nitrogens with one attached hydrogen (secondary N) is 1. The molecule has 4 rings (SSSR count). The van der Waals surface area contributed by atoms with Gasteiger partial charge >= 0.3 is 6.18 Å². The second-order valence-electron chi connectivity index (χ2n) is 7.94. The summed E-state index contributed by atoms with van der Waals surface area (Å²) in [5.41, 5.74) is -1.48. The van der Waals surface area contributed by atoms with Gasteiger partial charge in [-0.05, 0) is 30.9 Å². The highest BCUT2D eigenvalue weighted by Crippen LogP contribution is 2.30. The van der Waals surface area contributed by atoms with E-state index < -0.39 is 41.0 Å². The Bertz CT molecular complexity index is 1150. The molecule has 2 aromatic heterocycles. The quantitative estimate of drug-likeness (QED) is 0.559. The van der Waals surface area contributed by atoms with Gasteiger partial charge in [0.15, 0.2) is 11.6 Å². The average molecular weight is 481 g/mol. The van der Waals surface area contributed by atoms with Crippen LogP contribution in [-0.4, -0.2) is 54.9 Å². The number of carbonyl (C=O) groups excluding carboxylic acids is 1. The van der Waals surface area contributed by atoms with Crippen LogP contribution in [0.15, 0.2) is 36.9 Å². The molecule has 1 aliphatic heterocycles. The Morgan fingerprint density at radius 3 is 2.47 bits per heavy atom. The zero-order valence-corrected chi connectivity index (χ0v) is 17.9. The third-order valence-electron chi connectivity index (χ3n) is 5.74. The van der Waals surface area contributed by atoms with Crippen molar-refractivity contribution < 1.29 is 26.7 Å². The first-order chi connectivity index (χ1) is 16.2. The van der Waals surface area contributed by atoms with Gasteiger partial charge in [-0.3, -0.25) is 4.79 Å². The number of amides is 1. The van der Waals surface area contributed by atoms with Crippen molar-refractivity contribution in [2.45, 2.75) is 32.0 Å². The predicted molar refractivity (Wildman–Crippen MR) is 110 cm³/mol. The fourth-order valence-electron chi connectivity index (χ4n) is 3.97.